The van der Waals surface area contributed by atoms with E-state index in [1.807, 2.05) is 42.5 Å². The van der Waals surface area contributed by atoms with E-state index in [1.165, 1.54) is 0 Å². The summed E-state index contributed by atoms with van der Waals surface area (Å²) in [6.45, 7) is 3.33. The lowest BCUT2D eigenvalue weighted by molar-refractivity contribution is 0.413. The highest BCUT2D eigenvalue weighted by atomic mass is 16.5. The van der Waals surface area contributed by atoms with Crippen molar-refractivity contribution in [2.75, 3.05) is 55.5 Å². The predicted octanol–water partition coefficient (Wildman–Crippen LogP) is 2.96. The smallest absolute Gasteiger partial charge is 0.247 e. The SMILES string of the molecule is COc1cccc(Nc2cnnc(N3CCN(c4ccccc4OC)CC3)n2)c1. The summed E-state index contributed by atoms with van der Waals surface area (Å²) in [5.41, 5.74) is 2.00. The van der Waals surface area contributed by atoms with Gasteiger partial charge in [-0.05, 0) is 24.3 Å². The van der Waals surface area contributed by atoms with Gasteiger partial charge in [0.05, 0.1) is 26.1 Å². The molecule has 0 spiro atoms. The van der Waals surface area contributed by atoms with Crippen LogP contribution in [0.2, 0.25) is 0 Å². The lowest BCUT2D eigenvalue weighted by Crippen LogP contribution is -2.47. The molecule has 3 aromatic rings. The van der Waals surface area contributed by atoms with Crippen LogP contribution < -0.4 is 24.6 Å². The zero-order valence-electron chi connectivity index (χ0n) is 16.6. The summed E-state index contributed by atoms with van der Waals surface area (Å²) in [6.07, 6.45) is 1.62. The molecule has 1 aliphatic rings. The van der Waals surface area contributed by atoms with Crippen LogP contribution in [-0.4, -0.2) is 55.6 Å². The fraction of sp³-hybridized carbons (Fsp3) is 0.286. The average molecular weight is 392 g/mol. The number of piperazine rings is 1. The highest BCUT2D eigenvalue weighted by Gasteiger charge is 2.21. The van der Waals surface area contributed by atoms with Crippen molar-refractivity contribution in [2.45, 2.75) is 0 Å². The molecule has 8 heteroatoms. The Bertz CT molecular complexity index is 959. The van der Waals surface area contributed by atoms with Crippen LogP contribution in [0.5, 0.6) is 11.5 Å². The van der Waals surface area contributed by atoms with E-state index in [1.54, 1.807) is 20.4 Å². The number of nitrogens with zero attached hydrogens (tertiary/aromatic N) is 5. The van der Waals surface area contributed by atoms with Gasteiger partial charge < -0.3 is 24.6 Å². The largest absolute Gasteiger partial charge is 0.497 e. The molecule has 0 unspecified atom stereocenters. The van der Waals surface area contributed by atoms with Gasteiger partial charge in [0, 0.05) is 37.9 Å². The average Bonchev–Trinajstić information content (AvgIpc) is 2.79. The fourth-order valence-electron chi connectivity index (χ4n) is 3.38. The van der Waals surface area contributed by atoms with Gasteiger partial charge in [0.1, 0.15) is 11.5 Å². The highest BCUT2D eigenvalue weighted by Crippen LogP contribution is 2.29. The van der Waals surface area contributed by atoms with E-state index in [-0.39, 0.29) is 0 Å². The number of nitrogens with one attached hydrogen (secondary N) is 1. The van der Waals surface area contributed by atoms with Gasteiger partial charge in [0.15, 0.2) is 5.82 Å². The summed E-state index contributed by atoms with van der Waals surface area (Å²) >= 11 is 0. The Labute approximate surface area is 170 Å². The first-order valence-corrected chi connectivity index (χ1v) is 9.50. The van der Waals surface area contributed by atoms with Crippen molar-refractivity contribution in [1.82, 2.24) is 15.2 Å². The third kappa shape index (κ3) is 4.31. The lowest BCUT2D eigenvalue weighted by Gasteiger charge is -2.36. The first-order chi connectivity index (χ1) is 14.3. The van der Waals surface area contributed by atoms with Gasteiger partial charge in [0.25, 0.3) is 0 Å². The van der Waals surface area contributed by atoms with Crippen LogP contribution in [0.4, 0.5) is 23.1 Å². The highest BCUT2D eigenvalue weighted by molar-refractivity contribution is 5.60. The molecule has 4 rings (SSSR count). The summed E-state index contributed by atoms with van der Waals surface area (Å²) in [5, 5.41) is 11.6. The first kappa shape index (κ1) is 18.8. The number of ether oxygens (including phenoxy) is 2. The molecule has 29 heavy (non-hydrogen) atoms. The molecule has 0 amide bonds. The number of rotatable bonds is 6. The van der Waals surface area contributed by atoms with Gasteiger partial charge in [-0.2, -0.15) is 10.1 Å². The summed E-state index contributed by atoms with van der Waals surface area (Å²) < 4.78 is 10.8. The van der Waals surface area contributed by atoms with Gasteiger partial charge in [-0.1, -0.05) is 18.2 Å². The molecule has 150 valence electrons. The van der Waals surface area contributed by atoms with E-state index < -0.39 is 0 Å². The number of anilines is 4. The van der Waals surface area contributed by atoms with Crippen molar-refractivity contribution in [3.8, 4) is 11.5 Å². The van der Waals surface area contributed by atoms with E-state index in [0.29, 0.717) is 11.8 Å². The minimum Gasteiger partial charge on any atom is -0.497 e. The number of hydrogen-bond acceptors (Lipinski definition) is 8. The quantitative estimate of drug-likeness (QED) is 0.686. The molecule has 1 saturated heterocycles. The van der Waals surface area contributed by atoms with Crippen molar-refractivity contribution >= 4 is 23.1 Å². The maximum absolute atomic E-state index is 5.49. The Hall–Kier alpha value is -3.55. The van der Waals surface area contributed by atoms with Crippen molar-refractivity contribution in [3.63, 3.8) is 0 Å². The molecule has 2 heterocycles. The molecule has 2 aromatic carbocycles. The van der Waals surface area contributed by atoms with E-state index >= 15 is 0 Å². The molecule has 1 N–H and O–H groups in total. The molecule has 0 radical (unpaired) electrons. The number of methoxy groups -OCH3 is 2. The summed E-state index contributed by atoms with van der Waals surface area (Å²) in [5.74, 6) is 2.95. The molecule has 0 aliphatic carbocycles. The van der Waals surface area contributed by atoms with Crippen LogP contribution in [0.3, 0.4) is 0 Å². The van der Waals surface area contributed by atoms with Crippen molar-refractivity contribution in [2.24, 2.45) is 0 Å². The molecule has 8 nitrogen and oxygen atoms in total. The molecular formula is C21H24N6O2. The zero-order chi connectivity index (χ0) is 20.1. The van der Waals surface area contributed by atoms with Crippen molar-refractivity contribution in [3.05, 3.63) is 54.7 Å². The number of hydrogen-bond donors (Lipinski definition) is 1. The van der Waals surface area contributed by atoms with E-state index in [2.05, 4.69) is 36.4 Å². The van der Waals surface area contributed by atoms with Gasteiger partial charge in [0.2, 0.25) is 5.95 Å². The number of para-hydroxylation sites is 2. The van der Waals surface area contributed by atoms with E-state index in [4.69, 9.17) is 9.47 Å². The van der Waals surface area contributed by atoms with Gasteiger partial charge in [-0.25, -0.2) is 0 Å². The van der Waals surface area contributed by atoms with Crippen molar-refractivity contribution < 1.29 is 9.47 Å². The van der Waals surface area contributed by atoms with Crippen LogP contribution in [0, 0.1) is 0 Å². The minimum atomic E-state index is 0.623. The predicted molar refractivity (Wildman–Crippen MR) is 114 cm³/mol. The second-order valence-electron chi connectivity index (χ2n) is 6.64. The normalized spacial score (nSPS) is 13.9. The fourth-order valence-corrected chi connectivity index (χ4v) is 3.38. The van der Waals surface area contributed by atoms with E-state index in [9.17, 15) is 0 Å². The molecule has 1 aromatic heterocycles. The summed E-state index contributed by atoms with van der Waals surface area (Å²) in [7, 11) is 3.35. The lowest BCUT2D eigenvalue weighted by atomic mass is 10.2. The minimum absolute atomic E-state index is 0.623. The van der Waals surface area contributed by atoms with Gasteiger partial charge in [-0.15, -0.1) is 5.10 Å². The van der Waals surface area contributed by atoms with E-state index in [0.717, 1.165) is 49.1 Å². The molecule has 0 saturated carbocycles. The van der Waals surface area contributed by atoms with Crippen LogP contribution >= 0.6 is 0 Å². The molecule has 0 atom stereocenters. The Kier molecular flexibility index (Phi) is 5.60. The van der Waals surface area contributed by atoms with Gasteiger partial charge in [-0.3, -0.25) is 0 Å². The topological polar surface area (TPSA) is 75.6 Å². The number of aromatic nitrogens is 3. The molecule has 0 bridgehead atoms. The Morgan fingerprint density at radius 2 is 1.69 bits per heavy atom. The monoisotopic (exact) mass is 392 g/mol. The van der Waals surface area contributed by atoms with Crippen LogP contribution in [0.1, 0.15) is 0 Å². The third-order valence-corrected chi connectivity index (χ3v) is 4.88. The zero-order valence-corrected chi connectivity index (χ0v) is 16.6. The van der Waals surface area contributed by atoms with Crippen LogP contribution in [0.15, 0.2) is 54.7 Å². The summed E-state index contributed by atoms with van der Waals surface area (Å²) in [4.78, 5) is 9.10. The Morgan fingerprint density at radius 1 is 0.897 bits per heavy atom. The standard InChI is InChI=1S/C21H24N6O2/c1-28-17-7-5-6-16(14-17)23-20-15-22-25-21(24-20)27-12-10-26(11-13-27)18-8-3-4-9-19(18)29-2/h3-9,14-15H,10-13H2,1-2H3,(H,23,24,25). The third-order valence-electron chi connectivity index (χ3n) is 4.88. The molecular weight excluding hydrogens is 368 g/mol. The first-order valence-electron chi connectivity index (χ1n) is 9.50. The van der Waals surface area contributed by atoms with Crippen LogP contribution in [-0.2, 0) is 0 Å². The van der Waals surface area contributed by atoms with Crippen LogP contribution in [0.25, 0.3) is 0 Å². The molecule has 1 fully saturated rings. The number of benzene rings is 2. The van der Waals surface area contributed by atoms with Crippen molar-refractivity contribution in [1.29, 1.82) is 0 Å². The second-order valence-corrected chi connectivity index (χ2v) is 6.64. The maximum Gasteiger partial charge on any atom is 0.247 e. The second kappa shape index (κ2) is 8.64. The Balaban J connectivity index is 1.43. The van der Waals surface area contributed by atoms with Gasteiger partial charge >= 0.3 is 0 Å². The summed E-state index contributed by atoms with van der Waals surface area (Å²) in [6, 6.07) is 15.8. The molecule has 1 aliphatic heterocycles. The Morgan fingerprint density at radius 3 is 2.48 bits per heavy atom. The maximum atomic E-state index is 5.49.